The smallest absolute Gasteiger partial charge is 0.238 e. The molecule has 1 fully saturated rings. The first-order valence-electron chi connectivity index (χ1n) is 10.1. The molecule has 1 saturated heterocycles. The lowest BCUT2D eigenvalue weighted by Gasteiger charge is -2.35. The maximum absolute atomic E-state index is 12.6. The number of nitrogens with zero attached hydrogens (tertiary/aromatic N) is 3. The van der Waals surface area contributed by atoms with Crippen molar-refractivity contribution in [3.8, 4) is 0 Å². The minimum absolute atomic E-state index is 0.00554. The van der Waals surface area contributed by atoms with E-state index in [1.165, 1.54) is 4.88 Å². The predicted octanol–water partition coefficient (Wildman–Crippen LogP) is 3.34. The standard InChI is InChI=1S/C22H29BrN4O2S/c1-16-5-4-6-17(2)22(16)24-20(28)13-26-7-9-27(10-8-26)21(29)14-25(3)12-19-11-18(23)15-30-19/h4-6,11,15H,7-10,12-14H2,1-3H3,(H,24,28). The van der Waals surface area contributed by atoms with Crippen molar-refractivity contribution in [2.45, 2.75) is 20.4 Å². The monoisotopic (exact) mass is 492 g/mol. The molecule has 1 N–H and O–H groups in total. The highest BCUT2D eigenvalue weighted by Gasteiger charge is 2.23. The second-order valence-corrected chi connectivity index (χ2v) is 9.79. The van der Waals surface area contributed by atoms with Gasteiger partial charge in [-0.15, -0.1) is 11.3 Å². The third kappa shape index (κ3) is 6.38. The summed E-state index contributed by atoms with van der Waals surface area (Å²) in [4.78, 5) is 32.4. The molecular weight excluding hydrogens is 464 g/mol. The quantitative estimate of drug-likeness (QED) is 0.643. The maximum atomic E-state index is 12.6. The number of likely N-dealkylation sites (N-methyl/N-ethyl adjacent to an activating group) is 1. The van der Waals surface area contributed by atoms with Crippen LogP contribution in [-0.2, 0) is 16.1 Å². The van der Waals surface area contributed by atoms with Gasteiger partial charge in [0.05, 0.1) is 13.1 Å². The molecule has 0 unspecified atom stereocenters. The summed E-state index contributed by atoms with van der Waals surface area (Å²) in [7, 11) is 1.97. The first kappa shape index (κ1) is 22.9. The highest BCUT2D eigenvalue weighted by molar-refractivity contribution is 9.10. The van der Waals surface area contributed by atoms with Crippen molar-refractivity contribution < 1.29 is 9.59 Å². The Kier molecular flexibility index (Phi) is 8.05. The summed E-state index contributed by atoms with van der Waals surface area (Å²) >= 11 is 5.16. The normalized spacial score (nSPS) is 14.9. The summed E-state index contributed by atoms with van der Waals surface area (Å²) in [5.41, 5.74) is 3.03. The lowest BCUT2D eigenvalue weighted by molar-refractivity contribution is -0.134. The Morgan fingerprint density at radius 2 is 1.83 bits per heavy atom. The van der Waals surface area contributed by atoms with Crippen LogP contribution in [0.2, 0.25) is 0 Å². The molecule has 0 radical (unpaired) electrons. The van der Waals surface area contributed by atoms with E-state index in [9.17, 15) is 9.59 Å². The Labute approximate surface area is 191 Å². The minimum Gasteiger partial charge on any atom is -0.339 e. The number of carbonyl (C=O) groups is 2. The number of hydrogen-bond acceptors (Lipinski definition) is 5. The Morgan fingerprint density at radius 1 is 1.17 bits per heavy atom. The van der Waals surface area contributed by atoms with E-state index in [2.05, 4.69) is 37.6 Å². The molecule has 0 spiro atoms. The van der Waals surface area contributed by atoms with Gasteiger partial charge in [-0.25, -0.2) is 0 Å². The number of anilines is 1. The van der Waals surface area contributed by atoms with Crippen LogP contribution in [0.25, 0.3) is 0 Å². The SMILES string of the molecule is Cc1cccc(C)c1NC(=O)CN1CCN(C(=O)CN(C)Cc2cc(Br)cs2)CC1. The fourth-order valence-corrected chi connectivity index (χ4v) is 5.17. The van der Waals surface area contributed by atoms with E-state index in [1.54, 1.807) is 11.3 Å². The second-order valence-electron chi connectivity index (χ2n) is 7.88. The van der Waals surface area contributed by atoms with Crippen molar-refractivity contribution in [2.24, 2.45) is 0 Å². The number of thiophene rings is 1. The zero-order valence-electron chi connectivity index (χ0n) is 17.8. The summed E-state index contributed by atoms with van der Waals surface area (Å²) < 4.78 is 1.08. The summed E-state index contributed by atoms with van der Waals surface area (Å²) in [6.07, 6.45) is 0. The Bertz CT molecular complexity index is 873. The van der Waals surface area contributed by atoms with Crippen molar-refractivity contribution in [1.29, 1.82) is 0 Å². The van der Waals surface area contributed by atoms with E-state index in [4.69, 9.17) is 0 Å². The van der Waals surface area contributed by atoms with Crippen LogP contribution in [0.15, 0.2) is 34.1 Å². The van der Waals surface area contributed by atoms with E-state index in [-0.39, 0.29) is 11.8 Å². The average molecular weight is 493 g/mol. The summed E-state index contributed by atoms with van der Waals surface area (Å²) in [6.45, 7) is 8.28. The molecule has 0 bridgehead atoms. The van der Waals surface area contributed by atoms with Gasteiger partial charge in [-0.05, 0) is 54.0 Å². The zero-order chi connectivity index (χ0) is 21.7. The average Bonchev–Trinajstić information content (AvgIpc) is 3.09. The van der Waals surface area contributed by atoms with Gasteiger partial charge in [-0.2, -0.15) is 0 Å². The van der Waals surface area contributed by atoms with Crippen molar-refractivity contribution in [2.75, 3.05) is 51.6 Å². The van der Waals surface area contributed by atoms with Crippen LogP contribution >= 0.6 is 27.3 Å². The summed E-state index contributed by atoms with van der Waals surface area (Å²) in [6, 6.07) is 8.09. The molecule has 2 aromatic rings. The first-order chi connectivity index (χ1) is 14.3. The van der Waals surface area contributed by atoms with Gasteiger partial charge < -0.3 is 10.2 Å². The largest absolute Gasteiger partial charge is 0.339 e. The van der Waals surface area contributed by atoms with Crippen molar-refractivity contribution >= 4 is 44.8 Å². The van der Waals surface area contributed by atoms with Gasteiger partial charge in [0.2, 0.25) is 11.8 Å². The molecule has 6 nitrogen and oxygen atoms in total. The predicted molar refractivity (Wildman–Crippen MR) is 126 cm³/mol. The van der Waals surface area contributed by atoms with Crippen LogP contribution < -0.4 is 5.32 Å². The number of amides is 2. The van der Waals surface area contributed by atoms with Crippen LogP contribution in [0.1, 0.15) is 16.0 Å². The van der Waals surface area contributed by atoms with Crippen LogP contribution in [0.3, 0.4) is 0 Å². The van der Waals surface area contributed by atoms with E-state index in [0.29, 0.717) is 39.3 Å². The van der Waals surface area contributed by atoms with Gasteiger partial charge in [-0.3, -0.25) is 19.4 Å². The van der Waals surface area contributed by atoms with Crippen LogP contribution in [0.5, 0.6) is 0 Å². The van der Waals surface area contributed by atoms with E-state index in [1.807, 2.05) is 48.9 Å². The fourth-order valence-electron chi connectivity index (χ4n) is 3.64. The number of halogens is 1. The zero-order valence-corrected chi connectivity index (χ0v) is 20.2. The first-order valence-corrected chi connectivity index (χ1v) is 11.8. The van der Waals surface area contributed by atoms with Crippen molar-refractivity contribution in [1.82, 2.24) is 14.7 Å². The molecule has 2 amide bonds. The third-order valence-corrected chi connectivity index (χ3v) is 6.97. The fraction of sp³-hybridized carbons (Fsp3) is 0.455. The number of para-hydroxylation sites is 1. The molecule has 1 aromatic heterocycles. The molecule has 162 valence electrons. The lowest BCUT2D eigenvalue weighted by atomic mass is 10.1. The van der Waals surface area contributed by atoms with E-state index in [0.717, 1.165) is 27.8 Å². The molecule has 2 heterocycles. The molecule has 1 aliphatic heterocycles. The molecule has 0 saturated carbocycles. The van der Waals surface area contributed by atoms with Crippen LogP contribution in [0, 0.1) is 13.8 Å². The van der Waals surface area contributed by atoms with E-state index >= 15 is 0 Å². The van der Waals surface area contributed by atoms with Gasteiger partial charge in [-0.1, -0.05) is 18.2 Å². The topological polar surface area (TPSA) is 55.9 Å². The van der Waals surface area contributed by atoms with Gasteiger partial charge in [0.1, 0.15) is 0 Å². The Morgan fingerprint density at radius 3 is 2.43 bits per heavy atom. The Balaban J connectivity index is 1.41. The number of nitrogens with one attached hydrogen (secondary N) is 1. The number of hydrogen-bond donors (Lipinski definition) is 1. The third-order valence-electron chi connectivity index (χ3n) is 5.29. The molecule has 8 heteroatoms. The highest BCUT2D eigenvalue weighted by Crippen LogP contribution is 2.21. The molecule has 0 aliphatic carbocycles. The van der Waals surface area contributed by atoms with Gasteiger partial charge in [0.25, 0.3) is 0 Å². The van der Waals surface area contributed by atoms with Crippen molar-refractivity contribution in [3.63, 3.8) is 0 Å². The van der Waals surface area contributed by atoms with Crippen LogP contribution in [-0.4, -0.2) is 72.8 Å². The maximum Gasteiger partial charge on any atom is 0.238 e. The van der Waals surface area contributed by atoms with Gasteiger partial charge >= 0.3 is 0 Å². The minimum atomic E-state index is -0.00554. The summed E-state index contributed by atoms with van der Waals surface area (Å²) in [5, 5.41) is 5.10. The number of piperazine rings is 1. The molecule has 3 rings (SSSR count). The lowest BCUT2D eigenvalue weighted by Crippen LogP contribution is -2.52. The van der Waals surface area contributed by atoms with Gasteiger partial charge in [0.15, 0.2) is 0 Å². The number of carbonyl (C=O) groups excluding carboxylic acids is 2. The summed E-state index contributed by atoms with van der Waals surface area (Å²) in [5.74, 6) is 0.141. The number of benzene rings is 1. The molecular formula is C22H29BrN4O2S. The highest BCUT2D eigenvalue weighted by atomic mass is 79.9. The molecule has 30 heavy (non-hydrogen) atoms. The van der Waals surface area contributed by atoms with E-state index < -0.39 is 0 Å². The number of rotatable bonds is 7. The Hall–Kier alpha value is -1.74. The second kappa shape index (κ2) is 10.5. The molecule has 0 atom stereocenters. The molecule has 1 aromatic carbocycles. The van der Waals surface area contributed by atoms with Crippen LogP contribution in [0.4, 0.5) is 5.69 Å². The molecule has 1 aliphatic rings. The van der Waals surface area contributed by atoms with Crippen molar-refractivity contribution in [3.05, 3.63) is 50.1 Å². The van der Waals surface area contributed by atoms with Gasteiger partial charge in [0, 0.05) is 53.1 Å². The number of aryl methyl sites for hydroxylation is 2.